The van der Waals surface area contributed by atoms with E-state index in [0.29, 0.717) is 29.9 Å². The van der Waals surface area contributed by atoms with Gasteiger partial charge < -0.3 is 15.0 Å². The molecule has 0 unspecified atom stereocenters. The maximum absolute atomic E-state index is 13.1. The van der Waals surface area contributed by atoms with Crippen LogP contribution in [0.25, 0.3) is 5.69 Å². The number of morpholine rings is 1. The van der Waals surface area contributed by atoms with E-state index in [1.807, 2.05) is 44.2 Å². The quantitative estimate of drug-likeness (QED) is 0.723. The Hall–Kier alpha value is -3.45. The minimum Gasteiger partial charge on any atom is -0.372 e. The van der Waals surface area contributed by atoms with Crippen LogP contribution in [0.5, 0.6) is 0 Å². The summed E-state index contributed by atoms with van der Waals surface area (Å²) in [5.41, 5.74) is 2.21. The third-order valence-electron chi connectivity index (χ3n) is 4.98. The zero-order valence-corrected chi connectivity index (χ0v) is 17.0. The molecule has 7 nitrogen and oxygen atoms in total. The number of nitrogens with zero attached hydrogens (tertiary/aromatic N) is 3. The molecule has 7 heteroatoms. The number of carbonyl (C=O) groups is 2. The average molecular weight is 404 g/mol. The zero-order chi connectivity index (χ0) is 21.1. The number of aromatic nitrogens is 2. The molecule has 0 bridgehead atoms. The van der Waals surface area contributed by atoms with Gasteiger partial charge in [0.25, 0.3) is 11.8 Å². The molecule has 0 spiro atoms. The number of hydrogen-bond acceptors (Lipinski definition) is 4. The van der Waals surface area contributed by atoms with Gasteiger partial charge in [-0.25, -0.2) is 4.68 Å². The first kappa shape index (κ1) is 19.8. The van der Waals surface area contributed by atoms with Gasteiger partial charge in [0.15, 0.2) is 0 Å². The van der Waals surface area contributed by atoms with E-state index in [4.69, 9.17) is 4.74 Å². The molecule has 30 heavy (non-hydrogen) atoms. The van der Waals surface area contributed by atoms with Crippen molar-refractivity contribution in [3.05, 3.63) is 78.1 Å². The fourth-order valence-corrected chi connectivity index (χ4v) is 3.65. The number of benzene rings is 2. The minimum absolute atomic E-state index is 0.0247. The predicted molar refractivity (Wildman–Crippen MR) is 114 cm³/mol. The van der Waals surface area contributed by atoms with Crippen LogP contribution in [-0.4, -0.2) is 51.8 Å². The predicted octanol–water partition coefficient (Wildman–Crippen LogP) is 3.37. The van der Waals surface area contributed by atoms with Crippen molar-refractivity contribution in [1.29, 1.82) is 0 Å². The topological polar surface area (TPSA) is 76.5 Å². The van der Waals surface area contributed by atoms with E-state index >= 15 is 0 Å². The van der Waals surface area contributed by atoms with Crippen LogP contribution in [-0.2, 0) is 4.74 Å². The molecule has 3 aromatic rings. The number of rotatable bonds is 4. The Morgan fingerprint density at radius 3 is 2.40 bits per heavy atom. The van der Waals surface area contributed by atoms with Gasteiger partial charge in [-0.15, -0.1) is 0 Å². The van der Waals surface area contributed by atoms with Crippen LogP contribution in [0.3, 0.4) is 0 Å². The van der Waals surface area contributed by atoms with Crippen molar-refractivity contribution < 1.29 is 14.3 Å². The molecule has 1 N–H and O–H groups in total. The second kappa shape index (κ2) is 8.51. The Balaban J connectivity index is 1.52. The summed E-state index contributed by atoms with van der Waals surface area (Å²) in [6, 6.07) is 16.6. The Bertz CT molecular complexity index is 1040. The first-order valence-corrected chi connectivity index (χ1v) is 9.96. The lowest BCUT2D eigenvalue weighted by Gasteiger charge is -2.35. The highest BCUT2D eigenvalue weighted by molar-refractivity contribution is 6.08. The third kappa shape index (κ3) is 4.26. The highest BCUT2D eigenvalue weighted by Crippen LogP contribution is 2.21. The molecule has 154 valence electrons. The lowest BCUT2D eigenvalue weighted by atomic mass is 10.1. The van der Waals surface area contributed by atoms with Crippen LogP contribution in [0, 0.1) is 0 Å². The SMILES string of the molecule is C[C@@H]1CN(C(=O)c2ccccc2NC(=O)c2cnn(-c3ccccc3)c2)C[C@@H](C)O1. The van der Waals surface area contributed by atoms with E-state index in [1.165, 1.54) is 6.20 Å². The standard InChI is InChI=1S/C23H24N4O3/c1-16-13-26(14-17(2)30-16)23(29)20-10-6-7-11-21(20)25-22(28)18-12-24-27(15-18)19-8-4-3-5-9-19/h3-12,15-17H,13-14H2,1-2H3,(H,25,28)/t16-,17-/m1/s1. The minimum atomic E-state index is -0.318. The lowest BCUT2D eigenvalue weighted by molar-refractivity contribution is -0.0585. The van der Waals surface area contributed by atoms with E-state index in [2.05, 4.69) is 10.4 Å². The van der Waals surface area contributed by atoms with E-state index in [0.717, 1.165) is 5.69 Å². The average Bonchev–Trinajstić information content (AvgIpc) is 3.24. The van der Waals surface area contributed by atoms with E-state index in [1.54, 1.807) is 40.0 Å². The van der Waals surface area contributed by atoms with Gasteiger partial charge in [-0.2, -0.15) is 5.10 Å². The van der Waals surface area contributed by atoms with Gasteiger partial charge in [0, 0.05) is 19.3 Å². The molecule has 2 heterocycles. The van der Waals surface area contributed by atoms with Crippen LogP contribution in [0.4, 0.5) is 5.69 Å². The van der Waals surface area contributed by atoms with Crippen molar-refractivity contribution in [2.45, 2.75) is 26.1 Å². The first-order valence-electron chi connectivity index (χ1n) is 9.96. The summed E-state index contributed by atoms with van der Waals surface area (Å²) >= 11 is 0. The Morgan fingerprint density at radius 1 is 1.00 bits per heavy atom. The molecule has 1 fully saturated rings. The fraction of sp³-hybridized carbons (Fsp3) is 0.261. The molecule has 0 aliphatic carbocycles. The summed E-state index contributed by atoms with van der Waals surface area (Å²) in [6.07, 6.45) is 3.13. The number of hydrogen-bond donors (Lipinski definition) is 1. The van der Waals surface area contributed by atoms with Crippen LogP contribution in [0.1, 0.15) is 34.6 Å². The summed E-state index contributed by atoms with van der Waals surface area (Å²) in [5.74, 6) is -0.436. The number of para-hydroxylation sites is 2. The molecule has 2 aromatic carbocycles. The largest absolute Gasteiger partial charge is 0.372 e. The van der Waals surface area contributed by atoms with Crippen molar-refractivity contribution in [1.82, 2.24) is 14.7 Å². The number of ether oxygens (including phenoxy) is 1. The molecule has 0 saturated carbocycles. The molecule has 2 amide bonds. The lowest BCUT2D eigenvalue weighted by Crippen LogP contribution is -2.48. The first-order chi connectivity index (χ1) is 14.5. The molecule has 4 rings (SSSR count). The van der Waals surface area contributed by atoms with Gasteiger partial charge in [-0.3, -0.25) is 9.59 Å². The fourth-order valence-electron chi connectivity index (χ4n) is 3.65. The van der Waals surface area contributed by atoms with Crippen molar-refractivity contribution in [2.24, 2.45) is 0 Å². The van der Waals surface area contributed by atoms with Crippen molar-refractivity contribution in [3.8, 4) is 5.69 Å². The van der Waals surface area contributed by atoms with Gasteiger partial charge in [-0.05, 0) is 38.1 Å². The molecular formula is C23H24N4O3. The Morgan fingerprint density at radius 2 is 1.67 bits per heavy atom. The number of amides is 2. The van der Waals surface area contributed by atoms with Gasteiger partial charge in [0.1, 0.15) is 0 Å². The summed E-state index contributed by atoms with van der Waals surface area (Å²) < 4.78 is 7.36. The summed E-state index contributed by atoms with van der Waals surface area (Å²) in [4.78, 5) is 27.7. The van der Waals surface area contributed by atoms with Crippen LogP contribution in [0.2, 0.25) is 0 Å². The van der Waals surface area contributed by atoms with Crippen LogP contribution in [0.15, 0.2) is 67.0 Å². The van der Waals surface area contributed by atoms with E-state index in [9.17, 15) is 9.59 Å². The van der Waals surface area contributed by atoms with E-state index < -0.39 is 0 Å². The molecule has 2 atom stereocenters. The Kier molecular flexibility index (Phi) is 5.63. The Labute approximate surface area is 175 Å². The normalized spacial score (nSPS) is 18.8. The number of anilines is 1. The monoisotopic (exact) mass is 404 g/mol. The molecular weight excluding hydrogens is 380 g/mol. The van der Waals surface area contributed by atoms with Crippen LogP contribution >= 0.6 is 0 Å². The highest BCUT2D eigenvalue weighted by atomic mass is 16.5. The van der Waals surface area contributed by atoms with Gasteiger partial charge in [-0.1, -0.05) is 30.3 Å². The maximum atomic E-state index is 13.1. The summed E-state index contributed by atoms with van der Waals surface area (Å²) in [5, 5.41) is 7.13. The summed E-state index contributed by atoms with van der Waals surface area (Å²) in [6.45, 7) is 4.95. The second-order valence-corrected chi connectivity index (χ2v) is 7.48. The van der Waals surface area contributed by atoms with Gasteiger partial charge >= 0.3 is 0 Å². The number of nitrogens with one attached hydrogen (secondary N) is 1. The molecule has 1 aromatic heterocycles. The molecule has 1 saturated heterocycles. The third-order valence-corrected chi connectivity index (χ3v) is 4.98. The second-order valence-electron chi connectivity index (χ2n) is 7.48. The van der Waals surface area contributed by atoms with Gasteiger partial charge in [0.05, 0.1) is 40.9 Å². The van der Waals surface area contributed by atoms with Gasteiger partial charge in [0.2, 0.25) is 0 Å². The highest BCUT2D eigenvalue weighted by Gasteiger charge is 2.28. The zero-order valence-electron chi connectivity index (χ0n) is 17.0. The van der Waals surface area contributed by atoms with Crippen molar-refractivity contribution in [2.75, 3.05) is 18.4 Å². The summed E-state index contributed by atoms with van der Waals surface area (Å²) in [7, 11) is 0. The molecule has 1 aliphatic heterocycles. The number of carbonyl (C=O) groups excluding carboxylic acids is 2. The van der Waals surface area contributed by atoms with Crippen molar-refractivity contribution in [3.63, 3.8) is 0 Å². The smallest absolute Gasteiger partial charge is 0.258 e. The maximum Gasteiger partial charge on any atom is 0.258 e. The van der Waals surface area contributed by atoms with E-state index in [-0.39, 0.29) is 24.0 Å². The molecule has 1 aliphatic rings. The van der Waals surface area contributed by atoms with Crippen LogP contribution < -0.4 is 5.32 Å². The molecule has 0 radical (unpaired) electrons. The van der Waals surface area contributed by atoms with Crippen molar-refractivity contribution >= 4 is 17.5 Å².